The molecule has 1 fully saturated rings. The molecule has 1 saturated heterocycles. The molecule has 7 nitrogen and oxygen atoms in total. The third-order valence-electron chi connectivity index (χ3n) is 5.80. The molecule has 8 heteroatoms. The van der Waals surface area contributed by atoms with Gasteiger partial charge >= 0.3 is 0 Å². The summed E-state index contributed by atoms with van der Waals surface area (Å²) in [6.07, 6.45) is 3.39. The number of benzene rings is 2. The van der Waals surface area contributed by atoms with Crippen molar-refractivity contribution >= 4 is 5.82 Å². The van der Waals surface area contributed by atoms with Crippen LogP contribution in [0.4, 0.5) is 10.2 Å². The van der Waals surface area contributed by atoms with E-state index < -0.39 is 5.82 Å². The molecule has 1 aliphatic heterocycles. The molecule has 0 amide bonds. The Morgan fingerprint density at radius 1 is 1.18 bits per heavy atom. The first-order valence-electron chi connectivity index (χ1n) is 10.5. The Bertz CT molecular complexity index is 1300. The summed E-state index contributed by atoms with van der Waals surface area (Å²) in [6.45, 7) is 1.27. The number of rotatable bonds is 4. The van der Waals surface area contributed by atoms with Crippen LogP contribution < -0.4 is 15.4 Å². The minimum absolute atomic E-state index is 0.0267. The largest absolute Gasteiger partial charge is 0.504 e. The van der Waals surface area contributed by atoms with E-state index in [9.17, 15) is 14.8 Å². The number of hydrogen-bond acceptors (Lipinski definition) is 7. The number of piperidine rings is 1. The molecule has 166 valence electrons. The van der Waals surface area contributed by atoms with Gasteiger partial charge in [-0.05, 0) is 48.2 Å². The van der Waals surface area contributed by atoms with E-state index in [0.717, 1.165) is 12.8 Å². The third kappa shape index (κ3) is 4.17. The molecule has 0 radical (unpaired) electrons. The average molecular weight is 443 g/mol. The molecule has 3 N–H and O–H groups in total. The Morgan fingerprint density at radius 2 is 1.97 bits per heavy atom. The molecule has 1 atom stereocenters. The number of methoxy groups -OCH3 is 1. The summed E-state index contributed by atoms with van der Waals surface area (Å²) in [5.41, 5.74) is 8.36. The van der Waals surface area contributed by atoms with Crippen LogP contribution in [0.1, 0.15) is 24.0 Å². The highest BCUT2D eigenvalue weighted by Crippen LogP contribution is 2.41. The van der Waals surface area contributed by atoms with Gasteiger partial charge in [-0.25, -0.2) is 9.37 Å². The van der Waals surface area contributed by atoms with Crippen LogP contribution in [0.15, 0.2) is 42.6 Å². The van der Waals surface area contributed by atoms with Gasteiger partial charge in [-0.3, -0.25) is 0 Å². The Hall–Kier alpha value is -4.14. The van der Waals surface area contributed by atoms with E-state index in [1.807, 2.05) is 11.0 Å². The number of nitriles is 2. The molecule has 0 unspecified atom stereocenters. The van der Waals surface area contributed by atoms with E-state index in [2.05, 4.69) is 11.1 Å². The maximum absolute atomic E-state index is 14.6. The number of aromatic nitrogens is 1. The molecule has 0 aliphatic carbocycles. The van der Waals surface area contributed by atoms with Crippen LogP contribution in [0.3, 0.4) is 0 Å². The number of halogens is 1. The van der Waals surface area contributed by atoms with Gasteiger partial charge in [-0.2, -0.15) is 10.5 Å². The van der Waals surface area contributed by atoms with Crippen LogP contribution in [0, 0.1) is 28.5 Å². The van der Waals surface area contributed by atoms with Crippen molar-refractivity contribution in [3.63, 3.8) is 0 Å². The highest BCUT2D eigenvalue weighted by Gasteiger charge is 2.25. The minimum atomic E-state index is -0.680. The Labute approximate surface area is 191 Å². The molecule has 33 heavy (non-hydrogen) atoms. The molecule has 0 bridgehead atoms. The zero-order valence-electron chi connectivity index (χ0n) is 18.0. The van der Waals surface area contributed by atoms with Gasteiger partial charge in [0.25, 0.3) is 0 Å². The lowest BCUT2D eigenvalue weighted by molar-refractivity contribution is 0.373. The van der Waals surface area contributed by atoms with Crippen molar-refractivity contribution in [3.05, 3.63) is 59.5 Å². The lowest BCUT2D eigenvalue weighted by Gasteiger charge is -2.33. The maximum atomic E-state index is 14.6. The smallest absolute Gasteiger partial charge is 0.160 e. The minimum Gasteiger partial charge on any atom is -0.504 e. The number of nitrogens with zero attached hydrogens (tertiary/aromatic N) is 4. The molecule has 2 aromatic carbocycles. The topological polar surface area (TPSA) is 119 Å². The summed E-state index contributed by atoms with van der Waals surface area (Å²) < 4.78 is 19.7. The molecule has 0 spiro atoms. The first-order valence-corrected chi connectivity index (χ1v) is 10.5. The Morgan fingerprint density at radius 3 is 2.61 bits per heavy atom. The number of anilines is 1. The normalized spacial score (nSPS) is 15.5. The number of aromatic hydroxyl groups is 1. The maximum Gasteiger partial charge on any atom is 0.160 e. The highest BCUT2D eigenvalue weighted by molar-refractivity contribution is 5.90. The van der Waals surface area contributed by atoms with Gasteiger partial charge in [-0.15, -0.1) is 0 Å². The fourth-order valence-electron chi connectivity index (χ4n) is 4.19. The van der Waals surface area contributed by atoms with Gasteiger partial charge < -0.3 is 20.5 Å². The molecule has 0 saturated carbocycles. The second-order valence-corrected chi connectivity index (χ2v) is 7.90. The van der Waals surface area contributed by atoms with E-state index in [4.69, 9.17) is 15.7 Å². The number of nitrogens with two attached hydrogens (primary N) is 1. The quantitative estimate of drug-likeness (QED) is 0.627. The van der Waals surface area contributed by atoms with Crippen molar-refractivity contribution in [1.82, 2.24) is 4.98 Å². The van der Waals surface area contributed by atoms with Crippen molar-refractivity contribution in [2.24, 2.45) is 5.73 Å². The fraction of sp³-hybridized carbons (Fsp3) is 0.240. The van der Waals surface area contributed by atoms with Crippen LogP contribution in [0.5, 0.6) is 11.5 Å². The summed E-state index contributed by atoms with van der Waals surface area (Å²) >= 11 is 0. The summed E-state index contributed by atoms with van der Waals surface area (Å²) in [4.78, 5) is 6.57. The lowest BCUT2D eigenvalue weighted by atomic mass is 9.91. The first kappa shape index (κ1) is 22.1. The summed E-state index contributed by atoms with van der Waals surface area (Å²) in [7, 11) is 1.45. The lowest BCUT2D eigenvalue weighted by Crippen LogP contribution is -2.43. The second kappa shape index (κ2) is 9.15. The van der Waals surface area contributed by atoms with Gasteiger partial charge in [0.05, 0.1) is 12.7 Å². The van der Waals surface area contributed by atoms with Gasteiger partial charge in [0.15, 0.2) is 11.5 Å². The zero-order chi connectivity index (χ0) is 23.5. The predicted molar refractivity (Wildman–Crippen MR) is 122 cm³/mol. The van der Waals surface area contributed by atoms with Crippen LogP contribution in [-0.2, 0) is 0 Å². The number of phenols is 1. The second-order valence-electron chi connectivity index (χ2n) is 7.90. The Kier molecular flexibility index (Phi) is 6.12. The van der Waals surface area contributed by atoms with E-state index in [1.54, 1.807) is 24.4 Å². The van der Waals surface area contributed by atoms with Crippen LogP contribution in [0.25, 0.3) is 22.3 Å². The van der Waals surface area contributed by atoms with Gasteiger partial charge in [-0.1, -0.05) is 12.1 Å². The van der Waals surface area contributed by atoms with E-state index in [0.29, 0.717) is 46.9 Å². The fourth-order valence-corrected chi connectivity index (χ4v) is 4.19. The standard InChI is InChI=1S/C25H22FN5O2/c1-33-23-7-6-15(10-22(23)32)20-13-30-25(31-8-2-3-18(29)14-31)19(12-28)24(20)16-4-5-17(11-27)21(26)9-16/h4-7,9-10,13,18,32H,2-3,8,14,29H2,1H3/t18-/m1/s1. The molecular formula is C25H22FN5O2. The average Bonchev–Trinajstić information content (AvgIpc) is 2.83. The van der Waals surface area contributed by atoms with Crippen molar-refractivity contribution in [2.45, 2.75) is 18.9 Å². The van der Waals surface area contributed by atoms with Crippen molar-refractivity contribution in [3.8, 4) is 45.9 Å². The van der Waals surface area contributed by atoms with E-state index >= 15 is 0 Å². The summed E-state index contributed by atoms with van der Waals surface area (Å²) in [5, 5.41) is 29.6. The van der Waals surface area contributed by atoms with Crippen LogP contribution >= 0.6 is 0 Å². The third-order valence-corrected chi connectivity index (χ3v) is 5.80. The molecular weight excluding hydrogens is 421 g/mol. The molecule has 1 aliphatic rings. The molecule has 2 heterocycles. The van der Waals surface area contributed by atoms with Gasteiger partial charge in [0.2, 0.25) is 0 Å². The number of ether oxygens (including phenoxy) is 1. The number of hydrogen-bond donors (Lipinski definition) is 2. The number of phenolic OH excluding ortho intramolecular Hbond substituents is 1. The van der Waals surface area contributed by atoms with Crippen LogP contribution in [-0.4, -0.2) is 36.3 Å². The van der Waals surface area contributed by atoms with Gasteiger partial charge in [0, 0.05) is 36.5 Å². The monoisotopic (exact) mass is 443 g/mol. The van der Waals surface area contributed by atoms with Crippen molar-refractivity contribution in [1.29, 1.82) is 10.5 Å². The van der Waals surface area contributed by atoms with Crippen molar-refractivity contribution < 1.29 is 14.2 Å². The SMILES string of the molecule is COc1ccc(-c2cnc(N3CCC[C@@H](N)C3)c(C#N)c2-c2ccc(C#N)c(F)c2)cc1O. The summed E-state index contributed by atoms with van der Waals surface area (Å²) in [6, 6.07) is 13.1. The number of pyridine rings is 1. The molecule has 3 aromatic rings. The highest BCUT2D eigenvalue weighted by atomic mass is 19.1. The zero-order valence-corrected chi connectivity index (χ0v) is 18.0. The first-order chi connectivity index (χ1) is 16.0. The van der Waals surface area contributed by atoms with Crippen molar-refractivity contribution in [2.75, 3.05) is 25.1 Å². The van der Waals surface area contributed by atoms with Crippen LogP contribution in [0.2, 0.25) is 0 Å². The van der Waals surface area contributed by atoms with E-state index in [1.165, 1.54) is 25.3 Å². The Balaban J connectivity index is 1.97. The molecule has 1 aromatic heterocycles. The predicted octanol–water partition coefficient (Wildman–Crippen LogP) is 3.94. The van der Waals surface area contributed by atoms with E-state index in [-0.39, 0.29) is 22.9 Å². The van der Waals surface area contributed by atoms with Gasteiger partial charge in [0.1, 0.15) is 29.3 Å². The summed E-state index contributed by atoms with van der Waals surface area (Å²) in [5.74, 6) is 0.0309. The molecule has 4 rings (SSSR count).